The normalized spacial score (nSPS) is 13.0. The van der Waals surface area contributed by atoms with Gasteiger partial charge < -0.3 is 10.2 Å². The lowest BCUT2D eigenvalue weighted by molar-refractivity contribution is 0.0941. The average molecular weight is 410 g/mol. The molecular formula is C19H24ClN3O3S. The third-order valence-electron chi connectivity index (χ3n) is 4.22. The van der Waals surface area contributed by atoms with Crippen molar-refractivity contribution in [3.63, 3.8) is 0 Å². The summed E-state index contributed by atoms with van der Waals surface area (Å²) in [7, 11) is 2.97. The van der Waals surface area contributed by atoms with E-state index in [0.29, 0.717) is 6.54 Å². The van der Waals surface area contributed by atoms with Crippen LogP contribution in [0.25, 0.3) is 0 Å². The third kappa shape index (κ3) is 5.07. The fraction of sp³-hybridized carbons (Fsp3) is 0.316. The molecule has 0 bridgehead atoms. The number of sulfonamides is 1. The van der Waals surface area contributed by atoms with Gasteiger partial charge in [-0.3, -0.25) is 4.79 Å². The predicted molar refractivity (Wildman–Crippen MR) is 108 cm³/mol. The Morgan fingerprint density at radius 2 is 1.70 bits per heavy atom. The van der Waals surface area contributed by atoms with Gasteiger partial charge in [0.05, 0.1) is 11.1 Å². The minimum absolute atomic E-state index is 0.00701. The van der Waals surface area contributed by atoms with Gasteiger partial charge in [-0.1, -0.05) is 41.9 Å². The number of benzene rings is 2. The summed E-state index contributed by atoms with van der Waals surface area (Å²) in [5.74, 6) is -0.357. The average Bonchev–Trinajstić information content (AvgIpc) is 2.62. The predicted octanol–water partition coefficient (Wildman–Crippen LogP) is 2.62. The minimum Gasteiger partial charge on any atom is -0.350 e. The molecule has 0 fully saturated rings. The van der Waals surface area contributed by atoms with Crippen molar-refractivity contribution in [1.29, 1.82) is 0 Å². The van der Waals surface area contributed by atoms with E-state index >= 15 is 0 Å². The molecule has 2 aromatic carbocycles. The smallest absolute Gasteiger partial charge is 0.251 e. The van der Waals surface area contributed by atoms with E-state index in [9.17, 15) is 13.2 Å². The molecule has 2 aromatic rings. The fourth-order valence-corrected chi connectivity index (χ4v) is 4.00. The molecule has 1 N–H and O–H groups in total. The quantitative estimate of drug-likeness (QED) is 0.763. The highest BCUT2D eigenvalue weighted by molar-refractivity contribution is 7.89. The Morgan fingerprint density at radius 3 is 2.26 bits per heavy atom. The molecule has 8 heteroatoms. The maximum absolute atomic E-state index is 12.6. The zero-order chi connectivity index (χ0) is 20.2. The summed E-state index contributed by atoms with van der Waals surface area (Å²) < 4.78 is 25.8. The van der Waals surface area contributed by atoms with Crippen LogP contribution in [-0.2, 0) is 10.0 Å². The maximum Gasteiger partial charge on any atom is 0.251 e. The van der Waals surface area contributed by atoms with Gasteiger partial charge in [0.15, 0.2) is 0 Å². The van der Waals surface area contributed by atoms with Crippen LogP contribution in [0.1, 0.15) is 22.0 Å². The molecule has 0 spiro atoms. The first-order valence-electron chi connectivity index (χ1n) is 8.36. The van der Waals surface area contributed by atoms with Crippen LogP contribution in [0.3, 0.4) is 0 Å². The van der Waals surface area contributed by atoms with Crippen molar-refractivity contribution in [2.75, 3.05) is 34.7 Å². The molecule has 146 valence electrons. The number of nitrogens with zero attached hydrogens (tertiary/aromatic N) is 2. The van der Waals surface area contributed by atoms with Gasteiger partial charge in [-0.2, -0.15) is 0 Å². The van der Waals surface area contributed by atoms with Crippen molar-refractivity contribution in [1.82, 2.24) is 14.5 Å². The monoisotopic (exact) mass is 409 g/mol. The molecule has 0 saturated carbocycles. The van der Waals surface area contributed by atoms with E-state index in [1.165, 1.54) is 32.3 Å². The Hall–Kier alpha value is -1.93. The zero-order valence-corrected chi connectivity index (χ0v) is 17.4. The Labute approximate surface area is 165 Å². The number of amides is 1. The summed E-state index contributed by atoms with van der Waals surface area (Å²) in [6.45, 7) is 0.383. The minimum atomic E-state index is -3.74. The number of rotatable bonds is 7. The molecule has 0 saturated heterocycles. The molecule has 0 radical (unpaired) electrons. The molecule has 1 amide bonds. The van der Waals surface area contributed by atoms with Crippen LogP contribution in [0.15, 0.2) is 53.4 Å². The van der Waals surface area contributed by atoms with Crippen molar-refractivity contribution in [2.45, 2.75) is 10.9 Å². The van der Waals surface area contributed by atoms with Crippen molar-refractivity contribution < 1.29 is 13.2 Å². The second-order valence-corrected chi connectivity index (χ2v) is 9.06. The number of hydrogen-bond acceptors (Lipinski definition) is 4. The van der Waals surface area contributed by atoms with Crippen molar-refractivity contribution >= 4 is 27.5 Å². The largest absolute Gasteiger partial charge is 0.350 e. The molecule has 0 heterocycles. The van der Waals surface area contributed by atoms with Crippen LogP contribution in [0.2, 0.25) is 5.02 Å². The third-order valence-corrected chi connectivity index (χ3v) is 6.51. The lowest BCUT2D eigenvalue weighted by Gasteiger charge is -2.25. The van der Waals surface area contributed by atoms with Crippen molar-refractivity contribution in [2.24, 2.45) is 0 Å². The number of carbonyl (C=O) groups is 1. The summed E-state index contributed by atoms with van der Waals surface area (Å²) >= 11 is 6.03. The Kier molecular flexibility index (Phi) is 7.00. The van der Waals surface area contributed by atoms with E-state index in [1.807, 2.05) is 49.3 Å². The van der Waals surface area contributed by atoms with Gasteiger partial charge in [0.1, 0.15) is 4.90 Å². The number of nitrogens with one attached hydrogen (secondary N) is 1. The summed E-state index contributed by atoms with van der Waals surface area (Å²) in [6, 6.07) is 14.1. The van der Waals surface area contributed by atoms with Gasteiger partial charge >= 0.3 is 0 Å². The topological polar surface area (TPSA) is 69.7 Å². The zero-order valence-electron chi connectivity index (χ0n) is 15.8. The van der Waals surface area contributed by atoms with E-state index in [-0.39, 0.29) is 27.4 Å². The van der Waals surface area contributed by atoms with Crippen LogP contribution in [-0.4, -0.2) is 58.3 Å². The first-order chi connectivity index (χ1) is 12.6. The van der Waals surface area contributed by atoms with Gasteiger partial charge in [0.25, 0.3) is 5.91 Å². The van der Waals surface area contributed by atoms with Crippen LogP contribution in [0.4, 0.5) is 0 Å². The SMILES string of the molecule is CN(C)C(CNC(=O)c1ccc(Cl)c(S(=O)(=O)N(C)C)c1)c1ccccc1. The molecule has 1 unspecified atom stereocenters. The van der Waals surface area contributed by atoms with Gasteiger partial charge in [-0.25, -0.2) is 12.7 Å². The van der Waals surface area contributed by atoms with E-state index in [1.54, 1.807) is 0 Å². The van der Waals surface area contributed by atoms with Gasteiger partial charge in [-0.05, 0) is 37.9 Å². The molecule has 27 heavy (non-hydrogen) atoms. The van der Waals surface area contributed by atoms with Crippen LogP contribution in [0, 0.1) is 0 Å². The fourth-order valence-electron chi connectivity index (χ4n) is 2.60. The molecule has 2 rings (SSSR count). The van der Waals surface area contributed by atoms with Crippen LogP contribution < -0.4 is 5.32 Å². The summed E-state index contributed by atoms with van der Waals surface area (Å²) in [4.78, 5) is 14.5. The summed E-state index contributed by atoms with van der Waals surface area (Å²) in [5.41, 5.74) is 1.32. The first-order valence-corrected chi connectivity index (χ1v) is 10.2. The molecule has 0 aliphatic carbocycles. The Bertz CT molecular complexity index is 900. The Morgan fingerprint density at radius 1 is 1.07 bits per heavy atom. The van der Waals surface area contributed by atoms with E-state index in [2.05, 4.69) is 5.32 Å². The van der Waals surface area contributed by atoms with E-state index < -0.39 is 10.0 Å². The summed E-state index contributed by atoms with van der Waals surface area (Å²) in [5, 5.41) is 2.95. The summed E-state index contributed by atoms with van der Waals surface area (Å²) in [6.07, 6.45) is 0. The molecule has 1 atom stereocenters. The molecule has 0 aromatic heterocycles. The van der Waals surface area contributed by atoms with Crippen LogP contribution in [0.5, 0.6) is 0 Å². The second-order valence-electron chi connectivity index (χ2n) is 6.53. The lowest BCUT2D eigenvalue weighted by atomic mass is 10.1. The molecule has 0 aliphatic rings. The molecular weight excluding hydrogens is 386 g/mol. The van der Waals surface area contributed by atoms with Crippen molar-refractivity contribution in [3.8, 4) is 0 Å². The Balaban J connectivity index is 2.21. The number of likely N-dealkylation sites (N-methyl/N-ethyl adjacent to an activating group) is 1. The standard InChI is InChI=1S/C19H24ClN3O3S/c1-22(2)17(14-8-6-5-7-9-14)13-21-19(24)15-10-11-16(20)18(12-15)27(25,26)23(3)4/h5-12,17H,13H2,1-4H3,(H,21,24). The van der Waals surface area contributed by atoms with Crippen molar-refractivity contribution in [3.05, 3.63) is 64.7 Å². The lowest BCUT2D eigenvalue weighted by Crippen LogP contribution is -2.34. The second kappa shape index (κ2) is 8.84. The number of carbonyl (C=O) groups excluding carboxylic acids is 1. The molecule has 6 nitrogen and oxygen atoms in total. The van der Waals surface area contributed by atoms with E-state index in [0.717, 1.165) is 9.87 Å². The van der Waals surface area contributed by atoms with Gasteiger partial charge in [0, 0.05) is 26.2 Å². The number of hydrogen-bond donors (Lipinski definition) is 1. The first kappa shape index (κ1) is 21.4. The highest BCUT2D eigenvalue weighted by Crippen LogP contribution is 2.25. The number of halogens is 1. The van der Waals surface area contributed by atoms with Gasteiger partial charge in [-0.15, -0.1) is 0 Å². The maximum atomic E-state index is 12.6. The molecule has 0 aliphatic heterocycles. The van der Waals surface area contributed by atoms with E-state index in [4.69, 9.17) is 11.6 Å². The van der Waals surface area contributed by atoms with Gasteiger partial charge in [0.2, 0.25) is 10.0 Å². The highest BCUT2D eigenvalue weighted by Gasteiger charge is 2.23. The van der Waals surface area contributed by atoms with Crippen LogP contribution >= 0.6 is 11.6 Å². The highest BCUT2D eigenvalue weighted by atomic mass is 35.5.